The van der Waals surface area contributed by atoms with Crippen LogP contribution in [0.4, 0.5) is 10.6 Å². The smallest absolute Gasteiger partial charge is 0.318 e. The van der Waals surface area contributed by atoms with Crippen molar-refractivity contribution in [3.8, 4) is 0 Å². The number of hydrogen-bond donors (Lipinski definition) is 1. The Morgan fingerprint density at radius 2 is 2.08 bits per heavy atom. The monoisotopic (exact) mass is 341 g/mol. The highest BCUT2D eigenvalue weighted by molar-refractivity contribution is 5.74. The van der Waals surface area contributed by atoms with Gasteiger partial charge in [0.1, 0.15) is 5.82 Å². The minimum atomic E-state index is -0.0206. The minimum absolute atomic E-state index is 0.0206. The summed E-state index contributed by atoms with van der Waals surface area (Å²) in [6.07, 6.45) is 3.92. The van der Waals surface area contributed by atoms with Crippen LogP contribution in [-0.4, -0.2) is 40.1 Å². The molecule has 25 heavy (non-hydrogen) atoms. The summed E-state index contributed by atoms with van der Waals surface area (Å²) in [5.74, 6) is 0.977. The van der Waals surface area contributed by atoms with E-state index in [2.05, 4.69) is 52.8 Å². The normalized spacial score (nSPS) is 16.4. The van der Waals surface area contributed by atoms with Crippen LogP contribution in [0.2, 0.25) is 0 Å². The van der Waals surface area contributed by atoms with Crippen LogP contribution in [0.1, 0.15) is 38.1 Å². The second-order valence-corrected chi connectivity index (χ2v) is 6.35. The van der Waals surface area contributed by atoms with E-state index in [4.69, 9.17) is 0 Å². The number of nitrogens with one attached hydrogen (secondary N) is 1. The number of pyridine rings is 1. The Kier molecular flexibility index (Phi) is 5.26. The molecule has 0 unspecified atom stereocenters. The Bertz CT molecular complexity index is 705. The van der Waals surface area contributed by atoms with Gasteiger partial charge in [0, 0.05) is 50.8 Å². The lowest BCUT2D eigenvalue weighted by atomic mass is 10.1. The van der Waals surface area contributed by atoms with Crippen molar-refractivity contribution in [1.29, 1.82) is 0 Å². The van der Waals surface area contributed by atoms with Gasteiger partial charge in [0.15, 0.2) is 0 Å². The van der Waals surface area contributed by atoms with Crippen molar-refractivity contribution in [2.45, 2.75) is 39.9 Å². The number of urea groups is 1. The van der Waals surface area contributed by atoms with Crippen LogP contribution in [0.5, 0.6) is 0 Å². The predicted molar refractivity (Wildman–Crippen MR) is 99.6 cm³/mol. The van der Waals surface area contributed by atoms with Crippen LogP contribution in [0.3, 0.4) is 0 Å². The second-order valence-electron chi connectivity index (χ2n) is 6.35. The lowest BCUT2D eigenvalue weighted by Crippen LogP contribution is -2.45. The summed E-state index contributed by atoms with van der Waals surface area (Å²) in [4.78, 5) is 21.2. The first-order valence-electron chi connectivity index (χ1n) is 9.03. The highest BCUT2D eigenvalue weighted by Crippen LogP contribution is 2.25. The molecule has 1 aliphatic heterocycles. The third-order valence-corrected chi connectivity index (χ3v) is 4.94. The number of aromatic nitrogens is 2. The Morgan fingerprint density at radius 3 is 2.76 bits per heavy atom. The second kappa shape index (κ2) is 7.59. The van der Waals surface area contributed by atoms with Crippen molar-refractivity contribution in [2.75, 3.05) is 24.5 Å². The predicted octanol–water partition coefficient (Wildman–Crippen LogP) is 3.02. The highest BCUT2D eigenvalue weighted by Gasteiger charge is 2.27. The first kappa shape index (κ1) is 17.3. The number of carbonyl (C=O) groups is 1. The zero-order valence-corrected chi connectivity index (χ0v) is 15.3. The van der Waals surface area contributed by atoms with Crippen LogP contribution in [0.15, 0.2) is 36.7 Å². The van der Waals surface area contributed by atoms with Gasteiger partial charge in [0.2, 0.25) is 0 Å². The van der Waals surface area contributed by atoms with Crippen molar-refractivity contribution in [2.24, 2.45) is 0 Å². The van der Waals surface area contributed by atoms with Gasteiger partial charge in [0.25, 0.3) is 0 Å². The number of anilines is 1. The largest absolute Gasteiger partial charge is 0.357 e. The summed E-state index contributed by atoms with van der Waals surface area (Å²) in [7, 11) is 0. The number of fused-ring (bicyclic) bond motifs is 1. The number of nitrogens with zero attached hydrogens (tertiary/aromatic N) is 4. The lowest BCUT2D eigenvalue weighted by Gasteiger charge is -2.34. The molecule has 134 valence electrons. The molecule has 1 atom stereocenters. The van der Waals surface area contributed by atoms with Crippen molar-refractivity contribution in [3.05, 3.63) is 47.9 Å². The van der Waals surface area contributed by atoms with Crippen molar-refractivity contribution in [1.82, 2.24) is 19.8 Å². The number of amides is 2. The topological polar surface area (TPSA) is 53.4 Å². The van der Waals surface area contributed by atoms with Crippen LogP contribution in [-0.2, 0) is 13.1 Å². The molecule has 2 amide bonds. The summed E-state index contributed by atoms with van der Waals surface area (Å²) < 4.78 is 2.21. The van der Waals surface area contributed by atoms with Gasteiger partial charge in [-0.3, -0.25) is 0 Å². The molecular weight excluding hydrogens is 314 g/mol. The zero-order valence-electron chi connectivity index (χ0n) is 15.3. The summed E-state index contributed by atoms with van der Waals surface area (Å²) >= 11 is 0. The maximum Gasteiger partial charge on any atom is 0.318 e. The molecule has 2 aromatic heterocycles. The molecule has 1 aliphatic rings. The molecule has 2 aromatic rings. The van der Waals surface area contributed by atoms with Crippen molar-refractivity contribution >= 4 is 11.8 Å². The Hall–Kier alpha value is -2.50. The lowest BCUT2D eigenvalue weighted by molar-refractivity contribution is 0.162. The van der Waals surface area contributed by atoms with E-state index in [0.29, 0.717) is 6.54 Å². The van der Waals surface area contributed by atoms with Gasteiger partial charge in [-0.1, -0.05) is 6.07 Å². The average Bonchev–Trinajstić information content (AvgIpc) is 3.12. The van der Waals surface area contributed by atoms with Crippen molar-refractivity contribution in [3.63, 3.8) is 0 Å². The molecule has 0 aromatic carbocycles. The van der Waals surface area contributed by atoms with Crippen molar-refractivity contribution < 1.29 is 4.79 Å². The van der Waals surface area contributed by atoms with E-state index in [9.17, 15) is 4.79 Å². The fraction of sp³-hybridized carbons (Fsp3) is 0.474. The van der Waals surface area contributed by atoms with Crippen LogP contribution in [0, 0.1) is 0 Å². The average molecular weight is 341 g/mol. The Morgan fingerprint density at radius 1 is 1.28 bits per heavy atom. The molecule has 6 heteroatoms. The molecule has 0 radical (unpaired) electrons. The van der Waals surface area contributed by atoms with E-state index >= 15 is 0 Å². The van der Waals surface area contributed by atoms with E-state index < -0.39 is 0 Å². The molecule has 6 nitrogen and oxygen atoms in total. The van der Waals surface area contributed by atoms with E-state index in [1.807, 2.05) is 29.3 Å². The summed E-state index contributed by atoms with van der Waals surface area (Å²) in [6.45, 7) is 10.3. The van der Waals surface area contributed by atoms with Gasteiger partial charge >= 0.3 is 6.03 Å². The molecule has 3 heterocycles. The summed E-state index contributed by atoms with van der Waals surface area (Å²) in [6, 6.07) is 8.24. The number of rotatable bonds is 5. The fourth-order valence-electron chi connectivity index (χ4n) is 3.39. The quantitative estimate of drug-likeness (QED) is 0.909. The summed E-state index contributed by atoms with van der Waals surface area (Å²) in [5, 5.41) is 3.02. The van der Waals surface area contributed by atoms with Crippen LogP contribution in [0.25, 0.3) is 0 Å². The van der Waals surface area contributed by atoms with Gasteiger partial charge < -0.3 is 19.7 Å². The maximum absolute atomic E-state index is 12.6. The molecule has 3 rings (SSSR count). The number of carbonyl (C=O) groups excluding carboxylic acids is 1. The van der Waals surface area contributed by atoms with E-state index in [-0.39, 0.29) is 12.1 Å². The third-order valence-electron chi connectivity index (χ3n) is 4.94. The van der Waals surface area contributed by atoms with E-state index in [1.165, 1.54) is 5.69 Å². The van der Waals surface area contributed by atoms with E-state index in [0.717, 1.165) is 37.6 Å². The Labute approximate surface area is 149 Å². The van der Waals surface area contributed by atoms with Gasteiger partial charge in [0.05, 0.1) is 6.04 Å². The zero-order chi connectivity index (χ0) is 17.8. The maximum atomic E-state index is 12.6. The molecule has 0 bridgehead atoms. The molecule has 1 N–H and O–H groups in total. The molecule has 0 aliphatic carbocycles. The standard InChI is InChI=1S/C19H27N5O/c1-4-22(5-2)18-9-8-16(13-20-18)14-21-19(25)24-12-11-23-10-6-7-17(23)15(24)3/h6-10,13,15H,4-5,11-12,14H2,1-3H3,(H,21,25)/t15-/m1/s1. The van der Waals surface area contributed by atoms with Gasteiger partial charge in [-0.15, -0.1) is 0 Å². The van der Waals surface area contributed by atoms with E-state index in [1.54, 1.807) is 0 Å². The first-order chi connectivity index (χ1) is 12.1. The summed E-state index contributed by atoms with van der Waals surface area (Å²) in [5.41, 5.74) is 2.20. The molecule has 0 spiro atoms. The minimum Gasteiger partial charge on any atom is -0.357 e. The molecule has 0 saturated carbocycles. The first-order valence-corrected chi connectivity index (χ1v) is 9.03. The third kappa shape index (κ3) is 3.62. The van der Waals surface area contributed by atoms with Gasteiger partial charge in [-0.25, -0.2) is 9.78 Å². The van der Waals surface area contributed by atoms with Gasteiger partial charge in [-0.2, -0.15) is 0 Å². The van der Waals surface area contributed by atoms with Gasteiger partial charge in [-0.05, 0) is 44.5 Å². The highest BCUT2D eigenvalue weighted by atomic mass is 16.2. The fourth-order valence-corrected chi connectivity index (χ4v) is 3.39. The molecular formula is C19H27N5O. The molecule has 0 fully saturated rings. The number of hydrogen-bond acceptors (Lipinski definition) is 3. The van der Waals surface area contributed by atoms with Crippen LogP contribution >= 0.6 is 0 Å². The van der Waals surface area contributed by atoms with Crippen LogP contribution < -0.4 is 10.2 Å². The Balaban J connectivity index is 1.57. The SMILES string of the molecule is CCN(CC)c1ccc(CNC(=O)N2CCn3cccc3[C@H]2C)cn1. The molecule has 0 saturated heterocycles.